The highest BCUT2D eigenvalue weighted by molar-refractivity contribution is 9.13. The molecular weight excluding hydrogens is 976 g/mol. The van der Waals surface area contributed by atoms with Crippen molar-refractivity contribution >= 4 is 137 Å². The molecule has 4 atom stereocenters. The minimum Gasteiger partial charge on any atom is -0.490 e. The molecule has 0 aliphatic rings. The highest BCUT2D eigenvalue weighted by Gasteiger charge is 2.25. The van der Waals surface area contributed by atoms with Gasteiger partial charge in [0.05, 0.1) is 37.3 Å². The van der Waals surface area contributed by atoms with Gasteiger partial charge in [-0.05, 0) is 88.0 Å². The first-order valence-electron chi connectivity index (χ1n) is 9.30. The van der Waals surface area contributed by atoms with Gasteiger partial charge >= 0.3 is 0 Å². The van der Waals surface area contributed by atoms with Crippen LogP contribution in [-0.4, -0.2) is 40.9 Å². The number of hydrogen-bond donors (Lipinski definition) is 0. The first kappa shape index (κ1) is 31.1. The third-order valence-corrected chi connectivity index (χ3v) is 13.2. The van der Waals surface area contributed by atoms with Crippen molar-refractivity contribution in [3.8, 4) is 11.5 Å². The maximum atomic E-state index is 13.4. The molecule has 0 amide bonds. The van der Waals surface area contributed by atoms with Gasteiger partial charge in [-0.15, -0.1) is 0 Å². The number of benzene rings is 2. The van der Waals surface area contributed by atoms with Gasteiger partial charge in [-0.3, -0.25) is 0 Å². The monoisotopic (exact) mass is 985 g/mol. The molecule has 0 aliphatic carbocycles. The van der Waals surface area contributed by atoms with Crippen LogP contribution in [-0.2, 0) is 9.84 Å². The summed E-state index contributed by atoms with van der Waals surface area (Å²) in [6.07, 6.45) is 0. The van der Waals surface area contributed by atoms with Crippen LogP contribution in [0, 0.1) is 0 Å². The Morgan fingerprint density at radius 2 is 0.939 bits per heavy atom. The van der Waals surface area contributed by atoms with E-state index in [1.54, 1.807) is 0 Å². The smallest absolute Gasteiger partial charge is 0.206 e. The Morgan fingerprint density at radius 3 is 1.18 bits per heavy atom. The third-order valence-electron chi connectivity index (χ3n) is 4.33. The van der Waals surface area contributed by atoms with E-state index < -0.39 is 9.84 Å². The maximum absolute atomic E-state index is 13.4. The molecule has 184 valence electrons. The molecule has 0 aromatic heterocycles. The molecule has 2 rings (SSSR count). The lowest BCUT2D eigenvalue weighted by molar-refractivity contribution is 0.315. The Hall–Kier alpha value is 1.83. The topological polar surface area (TPSA) is 52.6 Å². The lowest BCUT2D eigenvalue weighted by atomic mass is 10.3. The predicted octanol–water partition coefficient (Wildman–Crippen LogP) is 9.42. The number of halogens is 8. The molecule has 0 spiro atoms. The summed E-state index contributed by atoms with van der Waals surface area (Å²) in [5.74, 6) is 1.06. The molecule has 4 nitrogen and oxygen atoms in total. The summed E-state index contributed by atoms with van der Waals surface area (Å²) in [5.41, 5.74) is 0. The van der Waals surface area contributed by atoms with Crippen molar-refractivity contribution in [1.82, 2.24) is 0 Å². The average Bonchev–Trinajstić information content (AvgIpc) is 2.71. The SMILES string of the molecule is CC(Br)C(Br)COc1c(Br)cc(S(=O)(=O)c2cc(Br)c(OCC(Br)C(C)Br)c(Br)c2)cc1Br. The Kier molecular flexibility index (Phi) is 12.8. The van der Waals surface area contributed by atoms with Gasteiger partial charge in [-0.2, -0.15) is 0 Å². The Bertz CT molecular complexity index is 966. The molecule has 13 heteroatoms. The molecule has 2 aromatic carbocycles. The van der Waals surface area contributed by atoms with Gasteiger partial charge < -0.3 is 9.47 Å². The van der Waals surface area contributed by atoms with Crippen molar-refractivity contribution in [2.75, 3.05) is 13.2 Å². The van der Waals surface area contributed by atoms with E-state index in [2.05, 4.69) is 127 Å². The molecule has 4 unspecified atom stereocenters. The van der Waals surface area contributed by atoms with Crippen LogP contribution in [0.25, 0.3) is 0 Å². The lowest BCUT2D eigenvalue weighted by Crippen LogP contribution is -2.19. The van der Waals surface area contributed by atoms with E-state index in [0.717, 1.165) is 0 Å². The van der Waals surface area contributed by atoms with Crippen molar-refractivity contribution < 1.29 is 17.9 Å². The number of hydrogen-bond acceptors (Lipinski definition) is 4. The molecule has 33 heavy (non-hydrogen) atoms. The second kappa shape index (κ2) is 13.6. The van der Waals surface area contributed by atoms with Crippen LogP contribution in [0.4, 0.5) is 0 Å². The Labute approximate surface area is 261 Å². The van der Waals surface area contributed by atoms with Gasteiger partial charge in [0, 0.05) is 9.65 Å². The molecular formula is C20H18Br8O4S. The fourth-order valence-electron chi connectivity index (χ4n) is 2.39. The van der Waals surface area contributed by atoms with Crippen molar-refractivity contribution in [2.45, 2.75) is 42.9 Å². The highest BCUT2D eigenvalue weighted by atomic mass is 79.9. The minimum absolute atomic E-state index is 0.0905. The average molecular weight is 994 g/mol. The molecule has 0 bridgehead atoms. The molecule has 0 heterocycles. The van der Waals surface area contributed by atoms with E-state index in [-0.39, 0.29) is 29.1 Å². The highest BCUT2D eigenvalue weighted by Crippen LogP contribution is 2.41. The summed E-state index contributed by atoms with van der Waals surface area (Å²) in [4.78, 5) is 0.849. The summed E-state index contributed by atoms with van der Waals surface area (Å²) < 4.78 is 40.6. The van der Waals surface area contributed by atoms with E-state index in [4.69, 9.17) is 9.47 Å². The molecule has 0 saturated carbocycles. The third kappa shape index (κ3) is 8.41. The molecule has 0 fully saturated rings. The number of rotatable bonds is 10. The number of alkyl halides is 4. The zero-order chi connectivity index (χ0) is 25.1. The van der Waals surface area contributed by atoms with E-state index in [1.165, 1.54) is 24.3 Å². The standard InChI is InChI=1S/C20H18Br8O4S/c1-9(21)17(27)7-31-19-13(23)3-11(4-14(19)24)33(29,30)12-5-15(25)20(16(26)6-12)32-8-18(28)10(2)22/h3-6,9-10,17-18H,7-8H2,1-2H3. The van der Waals surface area contributed by atoms with Crippen molar-refractivity contribution in [3.63, 3.8) is 0 Å². The van der Waals surface area contributed by atoms with Crippen LogP contribution >= 0.6 is 127 Å². The quantitative estimate of drug-likeness (QED) is 0.223. The van der Waals surface area contributed by atoms with Crippen LogP contribution < -0.4 is 9.47 Å². The largest absolute Gasteiger partial charge is 0.490 e. The van der Waals surface area contributed by atoms with E-state index in [1.807, 2.05) is 13.8 Å². The summed E-state index contributed by atoms with van der Waals surface area (Å²) in [6.45, 7) is 4.82. The van der Waals surface area contributed by atoms with Gasteiger partial charge in [-0.25, -0.2) is 8.42 Å². The molecule has 0 N–H and O–H groups in total. The van der Waals surface area contributed by atoms with Crippen LogP contribution in [0.2, 0.25) is 0 Å². The van der Waals surface area contributed by atoms with Gasteiger partial charge in [0.15, 0.2) is 0 Å². The van der Waals surface area contributed by atoms with Crippen molar-refractivity contribution in [1.29, 1.82) is 0 Å². The number of sulfone groups is 1. The second-order valence-electron chi connectivity index (χ2n) is 6.94. The maximum Gasteiger partial charge on any atom is 0.206 e. The fraction of sp³-hybridized carbons (Fsp3) is 0.400. The molecule has 0 saturated heterocycles. The van der Waals surface area contributed by atoms with Crippen molar-refractivity contribution in [3.05, 3.63) is 42.2 Å². The summed E-state index contributed by atoms with van der Waals surface area (Å²) >= 11 is 27.9. The van der Waals surface area contributed by atoms with Crippen LogP contribution in [0.5, 0.6) is 11.5 Å². The lowest BCUT2D eigenvalue weighted by Gasteiger charge is -2.18. The molecule has 0 aliphatic heterocycles. The van der Waals surface area contributed by atoms with Crippen molar-refractivity contribution in [2.24, 2.45) is 0 Å². The summed E-state index contributed by atoms with van der Waals surface area (Å²) in [7, 11) is -3.82. The molecule has 0 radical (unpaired) electrons. The fourth-order valence-corrected chi connectivity index (χ4v) is 7.76. The van der Waals surface area contributed by atoms with Gasteiger partial charge in [0.25, 0.3) is 0 Å². The van der Waals surface area contributed by atoms with E-state index in [9.17, 15) is 8.42 Å². The van der Waals surface area contributed by atoms with Gasteiger partial charge in [0.2, 0.25) is 9.84 Å². The Balaban J connectivity index is 2.34. The number of ether oxygens (including phenoxy) is 2. The first-order valence-corrected chi connectivity index (χ1v) is 17.6. The second-order valence-corrected chi connectivity index (χ2v) is 17.6. The zero-order valence-corrected chi connectivity index (χ0v) is 30.6. The van der Waals surface area contributed by atoms with Gasteiger partial charge in [0.1, 0.15) is 24.7 Å². The zero-order valence-electron chi connectivity index (χ0n) is 17.1. The predicted molar refractivity (Wildman–Crippen MR) is 162 cm³/mol. The first-order chi connectivity index (χ1) is 15.2. The Morgan fingerprint density at radius 1 is 0.667 bits per heavy atom. The van der Waals surface area contributed by atoms with E-state index >= 15 is 0 Å². The van der Waals surface area contributed by atoms with Crippen LogP contribution in [0.15, 0.2) is 51.9 Å². The summed E-state index contributed by atoms with van der Waals surface area (Å²) in [5, 5.41) is 0. The molecule has 2 aromatic rings. The minimum atomic E-state index is -3.82. The normalized spacial score (nSPS) is 15.6. The van der Waals surface area contributed by atoms with Crippen LogP contribution in [0.1, 0.15) is 13.8 Å². The summed E-state index contributed by atoms with van der Waals surface area (Å²) in [6, 6.07) is 6.15. The van der Waals surface area contributed by atoms with Crippen LogP contribution in [0.3, 0.4) is 0 Å². The van der Waals surface area contributed by atoms with E-state index in [0.29, 0.717) is 42.6 Å². The van der Waals surface area contributed by atoms with Gasteiger partial charge in [-0.1, -0.05) is 77.6 Å².